The van der Waals surface area contributed by atoms with Gasteiger partial charge in [0.25, 0.3) is 0 Å². The monoisotopic (exact) mass is 360 g/mol. The van der Waals surface area contributed by atoms with Gasteiger partial charge in [0.2, 0.25) is 0 Å². The second kappa shape index (κ2) is 6.10. The van der Waals surface area contributed by atoms with Gasteiger partial charge in [0, 0.05) is 11.6 Å². The molecule has 0 saturated carbocycles. The van der Waals surface area contributed by atoms with Gasteiger partial charge in [-0.05, 0) is 52.2 Å². The molecule has 0 aromatic heterocycles. The highest BCUT2D eigenvalue weighted by Gasteiger charge is 2.20. The van der Waals surface area contributed by atoms with Gasteiger partial charge in [0.05, 0.1) is 17.0 Å². The average molecular weight is 362 g/mol. The number of methoxy groups -OCH3 is 1. The van der Waals surface area contributed by atoms with Crippen LogP contribution in [0.1, 0.15) is 22.1 Å². The van der Waals surface area contributed by atoms with Crippen molar-refractivity contribution in [3.8, 4) is 5.75 Å². The zero-order valence-corrected chi connectivity index (χ0v) is 13.2. The van der Waals surface area contributed by atoms with Gasteiger partial charge in [-0.1, -0.05) is 6.07 Å². The van der Waals surface area contributed by atoms with E-state index in [1.165, 1.54) is 25.3 Å². The standard InChI is InChI=1S/C15H12BrClF2O/c1-8-5-9(18)3-4-10(8)15(17)11-6-12(16)13(19)7-14(11)20-2/h3-7,15H,1-2H3. The molecule has 0 amide bonds. The molecule has 2 rings (SSSR count). The van der Waals surface area contributed by atoms with E-state index in [-0.39, 0.29) is 5.82 Å². The van der Waals surface area contributed by atoms with E-state index in [4.69, 9.17) is 16.3 Å². The Morgan fingerprint density at radius 3 is 2.45 bits per heavy atom. The molecule has 0 saturated heterocycles. The highest BCUT2D eigenvalue weighted by molar-refractivity contribution is 9.10. The molecule has 1 nitrogen and oxygen atoms in total. The fourth-order valence-corrected chi connectivity index (χ4v) is 2.79. The van der Waals surface area contributed by atoms with Crippen LogP contribution < -0.4 is 4.74 Å². The molecule has 1 atom stereocenters. The predicted octanol–water partition coefficient (Wildman–Crippen LogP) is 5.37. The van der Waals surface area contributed by atoms with Gasteiger partial charge in [-0.3, -0.25) is 0 Å². The number of rotatable bonds is 3. The maximum absolute atomic E-state index is 13.5. The Kier molecular flexibility index (Phi) is 4.66. The van der Waals surface area contributed by atoms with E-state index in [9.17, 15) is 8.78 Å². The van der Waals surface area contributed by atoms with Crippen LogP contribution in [0.5, 0.6) is 5.75 Å². The molecular formula is C15H12BrClF2O. The molecule has 2 aromatic carbocycles. The van der Waals surface area contributed by atoms with Crippen LogP contribution in [-0.4, -0.2) is 7.11 Å². The van der Waals surface area contributed by atoms with Gasteiger partial charge < -0.3 is 4.74 Å². The van der Waals surface area contributed by atoms with Crippen molar-refractivity contribution in [3.05, 3.63) is 63.1 Å². The lowest BCUT2D eigenvalue weighted by molar-refractivity contribution is 0.406. The average Bonchev–Trinajstić information content (AvgIpc) is 2.40. The quantitative estimate of drug-likeness (QED) is 0.668. The Hall–Kier alpha value is -1.13. The molecule has 5 heteroatoms. The number of hydrogen-bond donors (Lipinski definition) is 0. The summed E-state index contributed by atoms with van der Waals surface area (Å²) in [6.45, 7) is 1.78. The maximum atomic E-state index is 13.5. The fourth-order valence-electron chi connectivity index (χ4n) is 2.01. The summed E-state index contributed by atoms with van der Waals surface area (Å²) in [6.07, 6.45) is 0. The smallest absolute Gasteiger partial charge is 0.141 e. The second-order valence-electron chi connectivity index (χ2n) is 4.37. The molecule has 106 valence electrons. The summed E-state index contributed by atoms with van der Waals surface area (Å²) in [5.41, 5.74) is 2.11. The number of benzene rings is 2. The Morgan fingerprint density at radius 1 is 1.15 bits per heavy atom. The van der Waals surface area contributed by atoms with E-state index in [1.54, 1.807) is 19.1 Å². The Bertz CT molecular complexity index is 646. The van der Waals surface area contributed by atoms with Crippen LogP contribution in [0.3, 0.4) is 0 Å². The first kappa shape index (κ1) is 15.3. The van der Waals surface area contributed by atoms with Crippen molar-refractivity contribution in [2.45, 2.75) is 12.3 Å². The van der Waals surface area contributed by atoms with Crippen molar-refractivity contribution < 1.29 is 13.5 Å². The van der Waals surface area contributed by atoms with Crippen LogP contribution in [0.15, 0.2) is 34.8 Å². The summed E-state index contributed by atoms with van der Waals surface area (Å²) >= 11 is 9.58. The summed E-state index contributed by atoms with van der Waals surface area (Å²) in [7, 11) is 1.45. The third-order valence-electron chi connectivity index (χ3n) is 3.05. The fraction of sp³-hybridized carbons (Fsp3) is 0.200. The summed E-state index contributed by atoms with van der Waals surface area (Å²) < 4.78 is 32.1. The van der Waals surface area contributed by atoms with Crippen molar-refractivity contribution in [2.24, 2.45) is 0 Å². The summed E-state index contributed by atoms with van der Waals surface area (Å²) in [4.78, 5) is 0. The lowest BCUT2D eigenvalue weighted by atomic mass is 9.99. The number of hydrogen-bond acceptors (Lipinski definition) is 1. The minimum Gasteiger partial charge on any atom is -0.496 e. The van der Waals surface area contributed by atoms with Crippen LogP contribution in [-0.2, 0) is 0 Å². The molecule has 0 N–H and O–H groups in total. The van der Waals surface area contributed by atoms with Crippen molar-refractivity contribution >= 4 is 27.5 Å². The molecule has 0 aliphatic rings. The molecule has 0 aliphatic carbocycles. The van der Waals surface area contributed by atoms with Gasteiger partial charge in [0.15, 0.2) is 0 Å². The molecule has 0 fully saturated rings. The van der Waals surface area contributed by atoms with Crippen LogP contribution in [0.2, 0.25) is 0 Å². The molecule has 1 unspecified atom stereocenters. The topological polar surface area (TPSA) is 9.23 Å². The van der Waals surface area contributed by atoms with Crippen LogP contribution >= 0.6 is 27.5 Å². The molecular weight excluding hydrogens is 350 g/mol. The third-order valence-corrected chi connectivity index (χ3v) is 4.13. The predicted molar refractivity (Wildman–Crippen MR) is 79.5 cm³/mol. The highest BCUT2D eigenvalue weighted by atomic mass is 79.9. The maximum Gasteiger partial charge on any atom is 0.141 e. The zero-order valence-electron chi connectivity index (χ0n) is 10.9. The Labute approximate surface area is 129 Å². The minimum atomic E-state index is -0.553. The molecule has 0 radical (unpaired) electrons. The first-order valence-electron chi connectivity index (χ1n) is 5.87. The normalized spacial score (nSPS) is 12.3. The summed E-state index contributed by atoms with van der Waals surface area (Å²) in [6, 6.07) is 7.24. The van der Waals surface area contributed by atoms with Crippen LogP contribution in [0.25, 0.3) is 0 Å². The number of halogens is 4. The Morgan fingerprint density at radius 2 is 1.85 bits per heavy atom. The number of ether oxygens (including phenoxy) is 1. The Balaban J connectivity index is 2.52. The van der Waals surface area contributed by atoms with Gasteiger partial charge >= 0.3 is 0 Å². The van der Waals surface area contributed by atoms with E-state index in [1.807, 2.05) is 0 Å². The van der Waals surface area contributed by atoms with Crippen molar-refractivity contribution in [1.82, 2.24) is 0 Å². The lowest BCUT2D eigenvalue weighted by Gasteiger charge is -2.17. The van der Waals surface area contributed by atoms with Gasteiger partial charge in [0.1, 0.15) is 17.4 Å². The minimum absolute atomic E-state index is 0.304. The molecule has 0 bridgehead atoms. The largest absolute Gasteiger partial charge is 0.496 e. The first-order chi connectivity index (χ1) is 9.43. The van der Waals surface area contributed by atoms with Crippen molar-refractivity contribution in [1.29, 1.82) is 0 Å². The summed E-state index contributed by atoms with van der Waals surface area (Å²) in [5, 5.41) is -0.553. The molecule has 0 aliphatic heterocycles. The molecule has 0 spiro atoms. The van der Waals surface area contributed by atoms with Crippen LogP contribution in [0, 0.1) is 18.6 Å². The summed E-state index contributed by atoms with van der Waals surface area (Å²) in [5.74, 6) is -0.387. The second-order valence-corrected chi connectivity index (χ2v) is 5.66. The molecule has 2 aromatic rings. The molecule has 0 heterocycles. The number of aryl methyl sites for hydroxylation is 1. The first-order valence-corrected chi connectivity index (χ1v) is 7.10. The van der Waals surface area contributed by atoms with Crippen molar-refractivity contribution in [2.75, 3.05) is 7.11 Å². The van der Waals surface area contributed by atoms with Crippen LogP contribution in [0.4, 0.5) is 8.78 Å². The van der Waals surface area contributed by atoms with E-state index >= 15 is 0 Å². The zero-order chi connectivity index (χ0) is 14.9. The van der Waals surface area contributed by atoms with E-state index < -0.39 is 11.2 Å². The SMILES string of the molecule is COc1cc(F)c(Br)cc1C(Cl)c1ccc(F)cc1C. The van der Waals surface area contributed by atoms with Gasteiger partial charge in [-0.25, -0.2) is 8.78 Å². The van der Waals surface area contributed by atoms with Crippen molar-refractivity contribution in [3.63, 3.8) is 0 Å². The molecule has 20 heavy (non-hydrogen) atoms. The van der Waals surface area contributed by atoms with E-state index in [0.717, 1.165) is 11.1 Å². The van der Waals surface area contributed by atoms with Gasteiger partial charge in [-0.2, -0.15) is 0 Å². The number of alkyl halides is 1. The van der Waals surface area contributed by atoms with E-state index in [0.29, 0.717) is 15.8 Å². The third kappa shape index (κ3) is 2.96. The van der Waals surface area contributed by atoms with Gasteiger partial charge in [-0.15, -0.1) is 11.6 Å². The highest BCUT2D eigenvalue weighted by Crippen LogP contribution is 2.39. The van der Waals surface area contributed by atoms with E-state index in [2.05, 4.69) is 15.9 Å². The lowest BCUT2D eigenvalue weighted by Crippen LogP contribution is -2.01.